The molecule has 0 aromatic rings. The smallest absolute Gasteiger partial charge is 0.314 e. The van der Waals surface area contributed by atoms with Crippen molar-refractivity contribution in [2.75, 3.05) is 26.7 Å². The zero-order chi connectivity index (χ0) is 15.2. The summed E-state index contributed by atoms with van der Waals surface area (Å²) in [5.74, 6) is 0. The fourth-order valence-corrected chi connectivity index (χ4v) is 2.61. The molecule has 9 heteroatoms. The maximum Gasteiger partial charge on any atom is 0.389 e. The van der Waals surface area contributed by atoms with Gasteiger partial charge < -0.3 is 5.32 Å². The lowest BCUT2D eigenvalue weighted by Crippen LogP contribution is -2.40. The maximum atomic E-state index is 11.9. The Kier molecular flexibility index (Phi) is 6.70. The maximum absolute atomic E-state index is 11.9. The molecule has 0 spiro atoms. The van der Waals surface area contributed by atoms with Crippen molar-refractivity contribution in [2.24, 2.45) is 0 Å². The van der Waals surface area contributed by atoms with Crippen LogP contribution in [0.15, 0.2) is 0 Å². The highest BCUT2D eigenvalue weighted by atomic mass is 32.2. The number of halogens is 3. The standard InChI is InChI=1S/C11H22F3N3O2S/c1-17(9-3-7-15-10-4-5-10)20(18,19)16-8-2-6-11(12,13)14/h10,15-16H,2-9H2,1H3. The van der Waals surface area contributed by atoms with Crippen molar-refractivity contribution in [1.82, 2.24) is 14.3 Å². The third kappa shape index (κ3) is 8.03. The molecular weight excluding hydrogens is 295 g/mol. The third-order valence-corrected chi connectivity index (χ3v) is 4.56. The molecule has 0 saturated heterocycles. The van der Waals surface area contributed by atoms with Gasteiger partial charge in [0.1, 0.15) is 0 Å². The normalized spacial score (nSPS) is 16.9. The minimum atomic E-state index is -4.24. The van der Waals surface area contributed by atoms with Crippen LogP contribution in [0.3, 0.4) is 0 Å². The molecule has 0 atom stereocenters. The SMILES string of the molecule is CN(CCCNC1CC1)S(=O)(=O)NCCCC(F)(F)F. The van der Waals surface area contributed by atoms with Crippen LogP contribution in [0.2, 0.25) is 0 Å². The molecule has 1 rings (SSSR count). The highest BCUT2D eigenvalue weighted by Crippen LogP contribution is 2.20. The average molecular weight is 317 g/mol. The Morgan fingerprint density at radius 2 is 1.85 bits per heavy atom. The number of hydrogen-bond acceptors (Lipinski definition) is 3. The van der Waals surface area contributed by atoms with Gasteiger partial charge in [-0.2, -0.15) is 25.9 Å². The zero-order valence-electron chi connectivity index (χ0n) is 11.5. The van der Waals surface area contributed by atoms with Gasteiger partial charge in [0.2, 0.25) is 0 Å². The van der Waals surface area contributed by atoms with Crippen molar-refractivity contribution in [1.29, 1.82) is 0 Å². The number of rotatable bonds is 10. The van der Waals surface area contributed by atoms with Crippen LogP contribution in [-0.4, -0.2) is 51.6 Å². The first-order chi connectivity index (χ1) is 9.21. The second-order valence-electron chi connectivity index (χ2n) is 5.02. The molecule has 0 heterocycles. The molecule has 0 aromatic heterocycles. The summed E-state index contributed by atoms with van der Waals surface area (Å²) in [5, 5.41) is 3.27. The molecule has 0 bridgehead atoms. The van der Waals surface area contributed by atoms with Crippen molar-refractivity contribution >= 4 is 10.2 Å². The Labute approximate surface area is 118 Å². The van der Waals surface area contributed by atoms with Crippen LogP contribution >= 0.6 is 0 Å². The topological polar surface area (TPSA) is 61.4 Å². The van der Waals surface area contributed by atoms with E-state index < -0.39 is 22.8 Å². The van der Waals surface area contributed by atoms with Gasteiger partial charge >= 0.3 is 6.18 Å². The fourth-order valence-electron chi connectivity index (χ4n) is 1.62. The second kappa shape index (κ2) is 7.58. The lowest BCUT2D eigenvalue weighted by molar-refractivity contribution is -0.135. The molecule has 0 aliphatic heterocycles. The summed E-state index contributed by atoms with van der Waals surface area (Å²) in [6.07, 6.45) is -2.45. The zero-order valence-corrected chi connectivity index (χ0v) is 12.4. The predicted octanol–water partition coefficient (Wildman–Crippen LogP) is 1.24. The summed E-state index contributed by atoms with van der Waals surface area (Å²) in [6, 6.07) is 0.581. The van der Waals surface area contributed by atoms with Crippen molar-refractivity contribution in [3.63, 3.8) is 0 Å². The van der Waals surface area contributed by atoms with Gasteiger partial charge in [-0.3, -0.25) is 0 Å². The van der Waals surface area contributed by atoms with Gasteiger partial charge in [-0.15, -0.1) is 0 Å². The Hall–Kier alpha value is -0.380. The van der Waals surface area contributed by atoms with Crippen LogP contribution in [0.5, 0.6) is 0 Å². The van der Waals surface area contributed by atoms with E-state index in [1.807, 2.05) is 0 Å². The number of nitrogens with zero attached hydrogens (tertiary/aromatic N) is 1. The van der Waals surface area contributed by atoms with Gasteiger partial charge in [-0.05, 0) is 32.2 Å². The number of alkyl halides is 3. The Bertz CT molecular complexity index is 383. The predicted molar refractivity (Wildman–Crippen MR) is 70.5 cm³/mol. The van der Waals surface area contributed by atoms with Gasteiger partial charge in [0.15, 0.2) is 0 Å². The minimum absolute atomic E-state index is 0.202. The van der Waals surface area contributed by atoms with Crippen LogP contribution in [0.1, 0.15) is 32.1 Å². The molecule has 0 aromatic carbocycles. The summed E-state index contributed by atoms with van der Waals surface area (Å²) >= 11 is 0. The highest BCUT2D eigenvalue weighted by molar-refractivity contribution is 7.87. The second-order valence-corrected chi connectivity index (χ2v) is 6.88. The van der Waals surface area contributed by atoms with Crippen molar-refractivity contribution in [3.05, 3.63) is 0 Å². The molecule has 0 unspecified atom stereocenters. The van der Waals surface area contributed by atoms with Gasteiger partial charge in [-0.25, -0.2) is 4.72 Å². The molecule has 20 heavy (non-hydrogen) atoms. The molecule has 120 valence electrons. The van der Waals surface area contributed by atoms with Crippen LogP contribution in [0, 0.1) is 0 Å². The van der Waals surface area contributed by atoms with E-state index in [9.17, 15) is 21.6 Å². The van der Waals surface area contributed by atoms with Gasteiger partial charge in [0.25, 0.3) is 10.2 Å². The van der Waals surface area contributed by atoms with Crippen LogP contribution in [0.4, 0.5) is 13.2 Å². The first kappa shape index (κ1) is 17.7. The van der Waals surface area contributed by atoms with Gasteiger partial charge in [0.05, 0.1) is 0 Å². The van der Waals surface area contributed by atoms with Gasteiger partial charge in [-0.1, -0.05) is 0 Å². The fraction of sp³-hybridized carbons (Fsp3) is 1.00. The lowest BCUT2D eigenvalue weighted by atomic mass is 10.3. The minimum Gasteiger partial charge on any atom is -0.314 e. The summed E-state index contributed by atoms with van der Waals surface area (Å²) in [4.78, 5) is 0. The lowest BCUT2D eigenvalue weighted by Gasteiger charge is -2.18. The molecule has 2 N–H and O–H groups in total. The van der Waals surface area contributed by atoms with E-state index in [-0.39, 0.29) is 13.0 Å². The molecule has 1 aliphatic rings. The summed E-state index contributed by atoms with van der Waals surface area (Å²) < 4.78 is 62.5. The van der Waals surface area contributed by atoms with Crippen LogP contribution in [-0.2, 0) is 10.2 Å². The van der Waals surface area contributed by atoms with Crippen LogP contribution < -0.4 is 10.0 Å². The van der Waals surface area contributed by atoms with E-state index in [4.69, 9.17) is 0 Å². The first-order valence-corrected chi connectivity index (χ1v) is 8.16. The summed E-state index contributed by atoms with van der Waals surface area (Å²) in [6.45, 7) is 0.888. The molecule has 0 radical (unpaired) electrons. The van der Waals surface area contributed by atoms with E-state index >= 15 is 0 Å². The number of nitrogens with one attached hydrogen (secondary N) is 2. The first-order valence-electron chi connectivity index (χ1n) is 6.72. The summed E-state index contributed by atoms with van der Waals surface area (Å²) in [5.41, 5.74) is 0. The Balaban J connectivity index is 2.13. The van der Waals surface area contributed by atoms with E-state index in [2.05, 4.69) is 10.0 Å². The van der Waals surface area contributed by atoms with Crippen molar-refractivity contribution in [3.8, 4) is 0 Å². The molecule has 1 aliphatic carbocycles. The monoisotopic (exact) mass is 317 g/mol. The average Bonchev–Trinajstić information content (AvgIpc) is 3.13. The Morgan fingerprint density at radius 3 is 2.40 bits per heavy atom. The van der Waals surface area contributed by atoms with Crippen molar-refractivity contribution in [2.45, 2.75) is 44.3 Å². The molecular formula is C11H22F3N3O2S. The molecule has 1 fully saturated rings. The van der Waals surface area contributed by atoms with Crippen LogP contribution in [0.25, 0.3) is 0 Å². The number of hydrogen-bond donors (Lipinski definition) is 2. The Morgan fingerprint density at radius 1 is 1.20 bits per heavy atom. The van der Waals surface area contributed by atoms with Crippen molar-refractivity contribution < 1.29 is 21.6 Å². The van der Waals surface area contributed by atoms with Gasteiger partial charge in [0, 0.05) is 32.6 Å². The van der Waals surface area contributed by atoms with E-state index in [1.165, 1.54) is 19.9 Å². The van der Waals surface area contributed by atoms with E-state index in [0.29, 0.717) is 19.0 Å². The third-order valence-electron chi connectivity index (χ3n) is 2.99. The molecule has 0 amide bonds. The quantitative estimate of drug-likeness (QED) is 0.596. The summed E-state index contributed by atoms with van der Waals surface area (Å²) in [7, 11) is -2.26. The molecule has 5 nitrogen and oxygen atoms in total. The van der Waals surface area contributed by atoms with E-state index in [1.54, 1.807) is 0 Å². The largest absolute Gasteiger partial charge is 0.389 e. The van der Waals surface area contributed by atoms with E-state index in [0.717, 1.165) is 10.8 Å². The molecule has 1 saturated carbocycles. The highest BCUT2D eigenvalue weighted by Gasteiger charge is 2.26.